The van der Waals surface area contributed by atoms with Crippen LogP contribution in [-0.4, -0.2) is 56.8 Å². The number of unbranched alkanes of at least 4 members (excludes halogenated alkanes) is 6. The molecule has 37 heavy (non-hydrogen) atoms. The van der Waals surface area contributed by atoms with Gasteiger partial charge in [-0.25, -0.2) is 9.59 Å². The largest absolute Gasteiger partial charge is 0.508 e. The third-order valence-corrected chi connectivity index (χ3v) is 7.60. The van der Waals surface area contributed by atoms with Crippen LogP contribution in [0.15, 0.2) is 30.5 Å². The maximum atomic E-state index is 9.87. The zero-order chi connectivity index (χ0) is 27.0. The van der Waals surface area contributed by atoms with Crippen LogP contribution in [0, 0.1) is 11.8 Å². The first-order valence-electron chi connectivity index (χ1n) is 14.1. The summed E-state index contributed by atoms with van der Waals surface area (Å²) in [5, 5.41) is 25.8. The molecule has 0 saturated carbocycles. The Kier molecular flexibility index (Phi) is 14.0. The summed E-state index contributed by atoms with van der Waals surface area (Å²) in [6, 6.07) is 7.64. The van der Waals surface area contributed by atoms with Gasteiger partial charge in [0.05, 0.1) is 5.52 Å². The number of aromatic hydroxyl groups is 1. The van der Waals surface area contributed by atoms with Gasteiger partial charge < -0.3 is 20.2 Å². The molecule has 0 spiro atoms. The number of carboxylic acids is 2. The van der Waals surface area contributed by atoms with Crippen LogP contribution in [0.2, 0.25) is 0 Å². The molecule has 1 fully saturated rings. The minimum atomic E-state index is -1.82. The Labute approximate surface area is 221 Å². The van der Waals surface area contributed by atoms with Gasteiger partial charge in [-0.15, -0.1) is 0 Å². The summed E-state index contributed by atoms with van der Waals surface area (Å²) in [5.41, 5.74) is 2.31. The van der Waals surface area contributed by atoms with E-state index in [-0.39, 0.29) is 0 Å². The Bertz CT molecular complexity index is 952. The summed E-state index contributed by atoms with van der Waals surface area (Å²) in [7, 11) is 0. The van der Waals surface area contributed by atoms with Crippen molar-refractivity contribution >= 4 is 22.8 Å². The number of phenolic OH excluding ortho intramolecular Hbond substituents is 1. The van der Waals surface area contributed by atoms with E-state index in [4.69, 9.17) is 19.8 Å². The molecule has 3 rings (SSSR count). The summed E-state index contributed by atoms with van der Waals surface area (Å²) < 4.78 is 0. The number of benzene rings is 1. The highest BCUT2D eigenvalue weighted by Crippen LogP contribution is 2.31. The number of hydrogen-bond acceptors (Lipinski definition) is 5. The minimum Gasteiger partial charge on any atom is -0.508 e. The van der Waals surface area contributed by atoms with Gasteiger partial charge in [-0.1, -0.05) is 58.8 Å². The molecule has 1 aromatic carbocycles. The first-order valence-corrected chi connectivity index (χ1v) is 14.1. The molecule has 7 nitrogen and oxygen atoms in total. The van der Waals surface area contributed by atoms with Crippen LogP contribution >= 0.6 is 0 Å². The molecule has 0 aliphatic carbocycles. The fourth-order valence-corrected chi connectivity index (χ4v) is 5.46. The SMILES string of the molecule is CCCCCCCCCN1CC[C@@H](CCCc2ccnc3ccc(O)cc23)[C@@H](CC)C1.O=C(O)C(=O)O. The first kappa shape index (κ1) is 30.6. The third kappa shape index (κ3) is 11.1. The van der Waals surface area contributed by atoms with Crippen LogP contribution in [0.5, 0.6) is 5.75 Å². The number of hydrogen-bond donors (Lipinski definition) is 3. The molecule has 206 valence electrons. The van der Waals surface area contributed by atoms with Gasteiger partial charge in [0, 0.05) is 18.1 Å². The van der Waals surface area contributed by atoms with E-state index in [9.17, 15) is 5.11 Å². The Morgan fingerprint density at radius 2 is 1.65 bits per heavy atom. The predicted octanol–water partition coefficient (Wildman–Crippen LogP) is 6.52. The molecule has 1 aliphatic rings. The third-order valence-electron chi connectivity index (χ3n) is 7.60. The minimum absolute atomic E-state index is 0.334. The van der Waals surface area contributed by atoms with E-state index in [1.54, 1.807) is 6.07 Å². The summed E-state index contributed by atoms with van der Waals surface area (Å²) in [4.78, 5) is 25.4. The van der Waals surface area contributed by atoms with E-state index in [2.05, 4.69) is 29.8 Å². The number of rotatable bonds is 13. The van der Waals surface area contributed by atoms with Crippen molar-refractivity contribution in [1.29, 1.82) is 0 Å². The maximum absolute atomic E-state index is 9.87. The standard InChI is InChI=1S/C28H44N2O.C2H2O4/c1-3-5-6-7-8-9-10-19-30-20-17-24(23(4-2)22-30)12-11-13-25-16-18-29-28-15-14-26(31)21-27(25)28;3-1(4)2(5)6/h14-16,18,21,23-24,31H,3-13,17,19-20,22H2,1-2H3;(H,3,4)(H,5,6)/t23-,24+;/m0./s1. The highest BCUT2D eigenvalue weighted by molar-refractivity contribution is 6.27. The number of fused-ring (bicyclic) bond motifs is 1. The number of pyridine rings is 1. The fraction of sp³-hybridized carbons (Fsp3) is 0.633. The van der Waals surface area contributed by atoms with Gasteiger partial charge in [-0.05, 0) is 86.9 Å². The van der Waals surface area contributed by atoms with Gasteiger partial charge in [-0.3, -0.25) is 4.98 Å². The molecule has 2 aromatic rings. The van der Waals surface area contributed by atoms with Crippen molar-refractivity contribution in [2.24, 2.45) is 11.8 Å². The summed E-state index contributed by atoms with van der Waals surface area (Å²) in [6.07, 6.45) is 18.1. The molecule has 1 saturated heterocycles. The van der Waals surface area contributed by atoms with Gasteiger partial charge in [-0.2, -0.15) is 0 Å². The van der Waals surface area contributed by atoms with Gasteiger partial charge >= 0.3 is 11.9 Å². The quantitative estimate of drug-likeness (QED) is 0.206. The summed E-state index contributed by atoms with van der Waals surface area (Å²) in [6.45, 7) is 8.59. The monoisotopic (exact) mass is 514 g/mol. The van der Waals surface area contributed by atoms with E-state index < -0.39 is 11.9 Å². The molecular weight excluding hydrogens is 468 g/mol. The number of phenols is 1. The lowest BCUT2D eigenvalue weighted by Crippen LogP contribution is -2.40. The Morgan fingerprint density at radius 3 is 2.32 bits per heavy atom. The number of carbonyl (C=O) groups is 2. The molecule has 0 amide bonds. The van der Waals surface area contributed by atoms with Gasteiger partial charge in [0.25, 0.3) is 0 Å². The molecular formula is C30H46N2O5. The second kappa shape index (κ2) is 17.0. The number of aryl methyl sites for hydroxylation is 1. The molecule has 1 aliphatic heterocycles. The van der Waals surface area contributed by atoms with Crippen LogP contribution in [0.3, 0.4) is 0 Å². The highest BCUT2D eigenvalue weighted by Gasteiger charge is 2.27. The lowest BCUT2D eigenvalue weighted by Gasteiger charge is -2.38. The molecule has 7 heteroatoms. The molecule has 1 aromatic heterocycles. The molecule has 2 heterocycles. The van der Waals surface area contributed by atoms with E-state index in [0.717, 1.165) is 29.2 Å². The zero-order valence-corrected chi connectivity index (χ0v) is 22.7. The van der Waals surface area contributed by atoms with E-state index >= 15 is 0 Å². The Morgan fingerprint density at radius 1 is 0.946 bits per heavy atom. The van der Waals surface area contributed by atoms with Crippen molar-refractivity contribution in [2.45, 2.75) is 90.9 Å². The maximum Gasteiger partial charge on any atom is 0.414 e. The number of likely N-dealkylation sites (tertiary alicyclic amines) is 1. The fourth-order valence-electron chi connectivity index (χ4n) is 5.46. The second-order valence-electron chi connectivity index (χ2n) is 10.3. The first-order chi connectivity index (χ1) is 17.8. The van der Waals surface area contributed by atoms with Gasteiger partial charge in [0.2, 0.25) is 0 Å². The lowest BCUT2D eigenvalue weighted by molar-refractivity contribution is -0.159. The van der Waals surface area contributed by atoms with Crippen molar-refractivity contribution in [3.8, 4) is 5.75 Å². The molecule has 3 N–H and O–H groups in total. The number of carboxylic acid groups (broad SMARTS) is 2. The number of nitrogens with zero attached hydrogens (tertiary/aromatic N) is 2. The van der Waals surface area contributed by atoms with E-state index in [1.807, 2.05) is 18.3 Å². The average Bonchev–Trinajstić information content (AvgIpc) is 2.89. The van der Waals surface area contributed by atoms with Crippen molar-refractivity contribution in [3.63, 3.8) is 0 Å². The lowest BCUT2D eigenvalue weighted by atomic mass is 9.80. The molecule has 0 unspecified atom stereocenters. The molecule has 0 bridgehead atoms. The summed E-state index contributed by atoms with van der Waals surface area (Å²) >= 11 is 0. The second-order valence-corrected chi connectivity index (χ2v) is 10.3. The van der Waals surface area contributed by atoms with Crippen LogP contribution in [0.25, 0.3) is 10.9 Å². The van der Waals surface area contributed by atoms with Crippen molar-refractivity contribution in [3.05, 3.63) is 36.0 Å². The highest BCUT2D eigenvalue weighted by atomic mass is 16.4. The van der Waals surface area contributed by atoms with E-state index in [1.165, 1.54) is 95.8 Å². The van der Waals surface area contributed by atoms with Crippen molar-refractivity contribution < 1.29 is 24.9 Å². The summed E-state index contributed by atoms with van der Waals surface area (Å²) in [5.74, 6) is -1.58. The van der Waals surface area contributed by atoms with Gasteiger partial charge in [0.15, 0.2) is 0 Å². The smallest absolute Gasteiger partial charge is 0.414 e. The van der Waals surface area contributed by atoms with Crippen LogP contribution in [0.1, 0.15) is 90.0 Å². The molecule has 2 atom stereocenters. The zero-order valence-electron chi connectivity index (χ0n) is 22.7. The Hall–Kier alpha value is -2.67. The van der Waals surface area contributed by atoms with Crippen LogP contribution < -0.4 is 0 Å². The van der Waals surface area contributed by atoms with E-state index in [0.29, 0.717) is 5.75 Å². The topological polar surface area (TPSA) is 111 Å². The molecule has 0 radical (unpaired) electrons. The number of piperidine rings is 1. The number of aliphatic carboxylic acids is 2. The Balaban J connectivity index is 0.000000717. The predicted molar refractivity (Wildman–Crippen MR) is 148 cm³/mol. The number of aromatic nitrogens is 1. The van der Waals surface area contributed by atoms with Crippen LogP contribution in [-0.2, 0) is 16.0 Å². The van der Waals surface area contributed by atoms with Crippen molar-refractivity contribution in [2.75, 3.05) is 19.6 Å². The van der Waals surface area contributed by atoms with Crippen molar-refractivity contribution in [1.82, 2.24) is 9.88 Å². The van der Waals surface area contributed by atoms with Crippen LogP contribution in [0.4, 0.5) is 0 Å². The average molecular weight is 515 g/mol. The van der Waals surface area contributed by atoms with Gasteiger partial charge in [0.1, 0.15) is 5.75 Å². The normalized spacial score (nSPS) is 17.8.